The normalized spacial score (nSPS) is 12.7. The van der Waals surface area contributed by atoms with E-state index in [0.29, 0.717) is 6.42 Å². The number of benzene rings is 1. The summed E-state index contributed by atoms with van der Waals surface area (Å²) in [6.45, 7) is 0. The standard InChI is InChI=1S/C15H14BrN3O/c16-12-5-10(8-18-9-12)6-13(19-17)15-7-11-3-1-2-4-14(11)20-15/h1-5,7-9,13,19H,6,17H2. The third-order valence-corrected chi connectivity index (χ3v) is 3.62. The molecule has 0 saturated carbocycles. The number of para-hydroxylation sites is 1. The number of rotatable bonds is 4. The zero-order valence-corrected chi connectivity index (χ0v) is 12.3. The minimum Gasteiger partial charge on any atom is -0.459 e. The van der Waals surface area contributed by atoms with E-state index in [2.05, 4.69) is 26.3 Å². The Bertz CT molecular complexity index is 693. The van der Waals surface area contributed by atoms with Gasteiger partial charge in [0.25, 0.3) is 0 Å². The van der Waals surface area contributed by atoms with Crippen molar-refractivity contribution in [3.8, 4) is 0 Å². The van der Waals surface area contributed by atoms with Crippen LogP contribution in [-0.4, -0.2) is 4.98 Å². The zero-order valence-electron chi connectivity index (χ0n) is 10.7. The van der Waals surface area contributed by atoms with Gasteiger partial charge in [0.2, 0.25) is 0 Å². The van der Waals surface area contributed by atoms with Crippen molar-refractivity contribution in [1.82, 2.24) is 10.4 Å². The van der Waals surface area contributed by atoms with Gasteiger partial charge < -0.3 is 4.42 Å². The highest BCUT2D eigenvalue weighted by atomic mass is 79.9. The van der Waals surface area contributed by atoms with E-state index in [1.54, 1.807) is 6.20 Å². The van der Waals surface area contributed by atoms with Gasteiger partial charge in [0.05, 0.1) is 6.04 Å². The van der Waals surface area contributed by atoms with Crippen LogP contribution in [0, 0.1) is 0 Å². The minimum absolute atomic E-state index is 0.0847. The lowest BCUT2D eigenvalue weighted by Gasteiger charge is -2.13. The van der Waals surface area contributed by atoms with Crippen molar-refractivity contribution >= 4 is 26.9 Å². The predicted octanol–water partition coefficient (Wildman–Crippen LogP) is 3.34. The van der Waals surface area contributed by atoms with Crippen LogP contribution in [0.5, 0.6) is 0 Å². The van der Waals surface area contributed by atoms with Gasteiger partial charge in [-0.05, 0) is 46.1 Å². The molecule has 3 N–H and O–H groups in total. The molecule has 20 heavy (non-hydrogen) atoms. The molecule has 5 heteroatoms. The van der Waals surface area contributed by atoms with E-state index < -0.39 is 0 Å². The molecule has 1 aromatic carbocycles. The molecule has 102 valence electrons. The van der Waals surface area contributed by atoms with E-state index in [0.717, 1.165) is 26.8 Å². The van der Waals surface area contributed by atoms with Crippen molar-refractivity contribution in [2.45, 2.75) is 12.5 Å². The fourth-order valence-electron chi connectivity index (χ4n) is 2.22. The van der Waals surface area contributed by atoms with Crippen LogP contribution in [0.2, 0.25) is 0 Å². The number of aromatic nitrogens is 1. The molecule has 3 rings (SSSR count). The molecular formula is C15H14BrN3O. The molecule has 2 aromatic heterocycles. The van der Waals surface area contributed by atoms with Crippen LogP contribution < -0.4 is 11.3 Å². The molecule has 0 amide bonds. The topological polar surface area (TPSA) is 64.1 Å². The monoisotopic (exact) mass is 331 g/mol. The average Bonchev–Trinajstić information content (AvgIpc) is 2.88. The summed E-state index contributed by atoms with van der Waals surface area (Å²) in [5.41, 5.74) is 4.77. The van der Waals surface area contributed by atoms with Gasteiger partial charge in [0.1, 0.15) is 11.3 Å². The van der Waals surface area contributed by atoms with Gasteiger partial charge in [-0.1, -0.05) is 18.2 Å². The lowest BCUT2D eigenvalue weighted by Crippen LogP contribution is -2.29. The zero-order chi connectivity index (χ0) is 13.9. The van der Waals surface area contributed by atoms with Crippen LogP contribution in [-0.2, 0) is 6.42 Å². The van der Waals surface area contributed by atoms with Crippen molar-refractivity contribution < 1.29 is 4.42 Å². The number of nitrogens with zero attached hydrogens (tertiary/aromatic N) is 1. The van der Waals surface area contributed by atoms with Crippen LogP contribution in [0.1, 0.15) is 17.4 Å². The van der Waals surface area contributed by atoms with E-state index in [1.165, 1.54) is 0 Å². The van der Waals surface area contributed by atoms with Gasteiger partial charge in [-0.15, -0.1) is 0 Å². The van der Waals surface area contributed by atoms with Crippen molar-refractivity contribution in [3.63, 3.8) is 0 Å². The van der Waals surface area contributed by atoms with Crippen LogP contribution in [0.3, 0.4) is 0 Å². The minimum atomic E-state index is -0.0847. The second-order valence-corrected chi connectivity index (χ2v) is 5.54. The largest absolute Gasteiger partial charge is 0.459 e. The first-order valence-corrected chi connectivity index (χ1v) is 7.09. The van der Waals surface area contributed by atoms with Crippen LogP contribution in [0.15, 0.2) is 57.7 Å². The molecule has 0 aliphatic rings. The summed E-state index contributed by atoms with van der Waals surface area (Å²) in [4.78, 5) is 4.16. The highest BCUT2D eigenvalue weighted by Gasteiger charge is 2.15. The van der Waals surface area contributed by atoms with Crippen molar-refractivity contribution in [3.05, 3.63) is 64.6 Å². The Morgan fingerprint density at radius 2 is 2.10 bits per heavy atom. The highest BCUT2D eigenvalue weighted by molar-refractivity contribution is 9.10. The Hall–Kier alpha value is -1.69. The van der Waals surface area contributed by atoms with E-state index in [-0.39, 0.29) is 6.04 Å². The molecular weight excluding hydrogens is 318 g/mol. The number of fused-ring (bicyclic) bond motifs is 1. The quantitative estimate of drug-likeness (QED) is 0.568. The number of pyridine rings is 1. The lowest BCUT2D eigenvalue weighted by atomic mass is 10.1. The van der Waals surface area contributed by atoms with Crippen molar-refractivity contribution in [2.75, 3.05) is 0 Å². The Morgan fingerprint density at radius 3 is 2.85 bits per heavy atom. The smallest absolute Gasteiger partial charge is 0.134 e. The molecule has 1 unspecified atom stereocenters. The molecule has 2 heterocycles. The summed E-state index contributed by atoms with van der Waals surface area (Å²) < 4.78 is 6.80. The lowest BCUT2D eigenvalue weighted by molar-refractivity contribution is 0.434. The molecule has 0 saturated heterocycles. The Morgan fingerprint density at radius 1 is 1.25 bits per heavy atom. The van der Waals surface area contributed by atoms with Gasteiger partial charge in [-0.2, -0.15) is 0 Å². The maximum absolute atomic E-state index is 5.85. The van der Waals surface area contributed by atoms with Gasteiger partial charge in [-0.3, -0.25) is 10.8 Å². The number of nitrogens with one attached hydrogen (secondary N) is 1. The number of hydrogen-bond acceptors (Lipinski definition) is 4. The number of nitrogens with two attached hydrogens (primary N) is 1. The van der Waals surface area contributed by atoms with Crippen LogP contribution in [0.4, 0.5) is 0 Å². The summed E-state index contributed by atoms with van der Waals surface area (Å²) in [5, 5.41) is 1.08. The molecule has 3 aromatic rings. The first-order chi connectivity index (χ1) is 9.76. The maximum atomic E-state index is 5.85. The number of furan rings is 1. The third-order valence-electron chi connectivity index (χ3n) is 3.19. The summed E-state index contributed by atoms with van der Waals surface area (Å²) in [6.07, 6.45) is 4.30. The highest BCUT2D eigenvalue weighted by Crippen LogP contribution is 2.26. The van der Waals surface area contributed by atoms with E-state index in [4.69, 9.17) is 10.3 Å². The summed E-state index contributed by atoms with van der Waals surface area (Å²) in [6, 6.07) is 11.9. The second kappa shape index (κ2) is 5.75. The Labute approximate surface area is 125 Å². The molecule has 0 aliphatic heterocycles. The fraction of sp³-hybridized carbons (Fsp3) is 0.133. The first-order valence-electron chi connectivity index (χ1n) is 6.30. The van der Waals surface area contributed by atoms with Crippen LogP contribution >= 0.6 is 15.9 Å². The predicted molar refractivity (Wildman–Crippen MR) is 81.9 cm³/mol. The first kappa shape index (κ1) is 13.3. The molecule has 0 bridgehead atoms. The molecule has 0 spiro atoms. The summed E-state index contributed by atoms with van der Waals surface area (Å²) in [5.74, 6) is 6.50. The average molecular weight is 332 g/mol. The number of hydrazine groups is 1. The third kappa shape index (κ3) is 2.75. The number of hydrogen-bond donors (Lipinski definition) is 2. The van der Waals surface area contributed by atoms with Gasteiger partial charge in [-0.25, -0.2) is 5.43 Å². The van der Waals surface area contributed by atoms with E-state index >= 15 is 0 Å². The molecule has 1 atom stereocenters. The fourth-order valence-corrected chi connectivity index (χ4v) is 2.63. The van der Waals surface area contributed by atoms with E-state index in [9.17, 15) is 0 Å². The summed E-state index contributed by atoms with van der Waals surface area (Å²) >= 11 is 3.42. The SMILES string of the molecule is NNC(Cc1cncc(Br)c1)c1cc2ccccc2o1. The summed E-state index contributed by atoms with van der Waals surface area (Å²) in [7, 11) is 0. The second-order valence-electron chi connectivity index (χ2n) is 4.62. The molecule has 0 fully saturated rings. The van der Waals surface area contributed by atoms with Crippen molar-refractivity contribution in [1.29, 1.82) is 0 Å². The van der Waals surface area contributed by atoms with Gasteiger partial charge >= 0.3 is 0 Å². The Balaban J connectivity index is 1.89. The Kier molecular flexibility index (Phi) is 3.82. The van der Waals surface area contributed by atoms with Gasteiger partial charge in [0, 0.05) is 22.3 Å². The maximum Gasteiger partial charge on any atom is 0.134 e. The molecule has 0 aliphatic carbocycles. The molecule has 0 radical (unpaired) electrons. The van der Waals surface area contributed by atoms with Crippen molar-refractivity contribution in [2.24, 2.45) is 5.84 Å². The molecule has 4 nitrogen and oxygen atoms in total. The van der Waals surface area contributed by atoms with Gasteiger partial charge in [0.15, 0.2) is 0 Å². The van der Waals surface area contributed by atoms with Crippen LogP contribution in [0.25, 0.3) is 11.0 Å². The number of halogens is 1. The van der Waals surface area contributed by atoms with E-state index in [1.807, 2.05) is 42.6 Å².